The molecule has 0 aliphatic rings. The van der Waals surface area contributed by atoms with E-state index in [1.807, 2.05) is 6.92 Å². The standard InChI is InChI=1S/C5H9Br2NO3/c1-4(2-6)5(3-7)11-8(9)10/h4-5H,2-3H2,1H3. The summed E-state index contributed by atoms with van der Waals surface area (Å²) in [6, 6.07) is 0. The zero-order valence-electron chi connectivity index (χ0n) is 6.00. The van der Waals surface area contributed by atoms with Gasteiger partial charge in [0.25, 0.3) is 5.09 Å². The van der Waals surface area contributed by atoms with Gasteiger partial charge in [0.05, 0.1) is 0 Å². The Morgan fingerprint density at radius 3 is 2.36 bits per heavy atom. The van der Waals surface area contributed by atoms with Gasteiger partial charge in [-0.1, -0.05) is 38.8 Å². The molecule has 0 aromatic rings. The lowest BCUT2D eigenvalue weighted by Crippen LogP contribution is -2.27. The van der Waals surface area contributed by atoms with Crippen molar-refractivity contribution in [2.24, 2.45) is 5.92 Å². The minimum absolute atomic E-state index is 0.125. The number of hydrogen-bond acceptors (Lipinski definition) is 3. The van der Waals surface area contributed by atoms with Crippen LogP contribution in [0.2, 0.25) is 0 Å². The van der Waals surface area contributed by atoms with Gasteiger partial charge in [-0.2, -0.15) is 0 Å². The number of rotatable bonds is 5. The van der Waals surface area contributed by atoms with E-state index in [1.165, 1.54) is 0 Å². The predicted molar refractivity (Wildman–Crippen MR) is 48.6 cm³/mol. The Morgan fingerprint density at radius 2 is 2.09 bits per heavy atom. The first kappa shape index (κ1) is 11.2. The Morgan fingerprint density at radius 1 is 1.55 bits per heavy atom. The molecule has 0 aliphatic carbocycles. The Labute approximate surface area is 81.7 Å². The highest BCUT2D eigenvalue weighted by Gasteiger charge is 2.18. The average Bonchev–Trinajstić information content (AvgIpc) is 1.98. The molecule has 2 atom stereocenters. The van der Waals surface area contributed by atoms with E-state index in [1.54, 1.807) is 0 Å². The summed E-state index contributed by atoms with van der Waals surface area (Å²) in [5.74, 6) is 0.125. The molecule has 0 saturated carbocycles. The first-order chi connectivity index (χ1) is 5.11. The molecule has 0 aromatic heterocycles. The quantitative estimate of drug-likeness (QED) is 0.442. The topological polar surface area (TPSA) is 52.4 Å². The summed E-state index contributed by atoms with van der Waals surface area (Å²) in [5.41, 5.74) is 0. The van der Waals surface area contributed by atoms with Crippen molar-refractivity contribution >= 4 is 31.9 Å². The van der Waals surface area contributed by atoms with Crippen LogP contribution in [0, 0.1) is 16.0 Å². The number of nitrogens with zero attached hydrogens (tertiary/aromatic N) is 1. The highest BCUT2D eigenvalue weighted by Crippen LogP contribution is 2.12. The van der Waals surface area contributed by atoms with E-state index in [4.69, 9.17) is 0 Å². The zero-order valence-corrected chi connectivity index (χ0v) is 9.17. The minimum atomic E-state index is -0.759. The summed E-state index contributed by atoms with van der Waals surface area (Å²) >= 11 is 6.36. The highest BCUT2D eigenvalue weighted by atomic mass is 79.9. The van der Waals surface area contributed by atoms with Gasteiger partial charge in [-0.25, -0.2) is 0 Å². The Hall–Kier alpha value is 0.160. The summed E-state index contributed by atoms with van der Waals surface area (Å²) in [6.45, 7) is 1.88. The van der Waals surface area contributed by atoms with Gasteiger partial charge >= 0.3 is 0 Å². The van der Waals surface area contributed by atoms with Gasteiger partial charge in [0, 0.05) is 10.7 Å². The monoisotopic (exact) mass is 289 g/mol. The summed E-state index contributed by atoms with van der Waals surface area (Å²) in [6.07, 6.45) is -0.371. The van der Waals surface area contributed by atoms with Crippen molar-refractivity contribution in [2.45, 2.75) is 13.0 Å². The van der Waals surface area contributed by atoms with E-state index in [0.29, 0.717) is 10.7 Å². The molecule has 0 saturated heterocycles. The third kappa shape index (κ3) is 4.58. The van der Waals surface area contributed by atoms with Crippen LogP contribution in [-0.2, 0) is 4.84 Å². The lowest BCUT2D eigenvalue weighted by Gasteiger charge is -2.16. The highest BCUT2D eigenvalue weighted by molar-refractivity contribution is 9.09. The van der Waals surface area contributed by atoms with Crippen molar-refractivity contribution in [1.82, 2.24) is 0 Å². The van der Waals surface area contributed by atoms with Gasteiger partial charge < -0.3 is 4.84 Å². The van der Waals surface area contributed by atoms with Crippen LogP contribution in [0.15, 0.2) is 0 Å². The van der Waals surface area contributed by atoms with Crippen LogP contribution < -0.4 is 0 Å². The molecular weight excluding hydrogens is 282 g/mol. The van der Waals surface area contributed by atoms with E-state index >= 15 is 0 Å². The molecule has 0 fully saturated rings. The first-order valence-electron chi connectivity index (χ1n) is 3.05. The Bertz CT molecular complexity index is 133. The van der Waals surface area contributed by atoms with E-state index in [2.05, 4.69) is 36.7 Å². The fourth-order valence-electron chi connectivity index (χ4n) is 0.494. The lowest BCUT2D eigenvalue weighted by atomic mass is 10.1. The second-order valence-corrected chi connectivity index (χ2v) is 3.45. The molecule has 0 N–H and O–H groups in total. The van der Waals surface area contributed by atoms with Crippen LogP contribution in [0.3, 0.4) is 0 Å². The van der Waals surface area contributed by atoms with Gasteiger partial charge in [0.1, 0.15) is 6.10 Å². The van der Waals surface area contributed by atoms with Crippen LogP contribution in [0.1, 0.15) is 6.92 Å². The molecule has 0 radical (unpaired) electrons. The molecule has 0 spiro atoms. The van der Waals surface area contributed by atoms with Crippen molar-refractivity contribution in [3.05, 3.63) is 10.1 Å². The maximum atomic E-state index is 9.94. The molecule has 0 amide bonds. The zero-order chi connectivity index (χ0) is 8.85. The second-order valence-electron chi connectivity index (χ2n) is 2.15. The van der Waals surface area contributed by atoms with Gasteiger partial charge in [-0.15, -0.1) is 10.1 Å². The molecule has 0 bridgehead atoms. The van der Waals surface area contributed by atoms with Crippen LogP contribution in [0.4, 0.5) is 0 Å². The molecule has 66 valence electrons. The van der Waals surface area contributed by atoms with Crippen molar-refractivity contribution < 1.29 is 9.92 Å². The molecule has 11 heavy (non-hydrogen) atoms. The van der Waals surface area contributed by atoms with E-state index in [9.17, 15) is 10.1 Å². The van der Waals surface area contributed by atoms with Crippen molar-refractivity contribution in [3.63, 3.8) is 0 Å². The second kappa shape index (κ2) is 5.77. The molecule has 0 heterocycles. The Kier molecular flexibility index (Phi) is 5.85. The fraction of sp³-hybridized carbons (Fsp3) is 1.00. The van der Waals surface area contributed by atoms with Gasteiger partial charge in [0.15, 0.2) is 0 Å². The number of halogens is 2. The van der Waals surface area contributed by atoms with Crippen LogP contribution >= 0.6 is 31.9 Å². The molecular formula is C5H9Br2NO3. The van der Waals surface area contributed by atoms with E-state index < -0.39 is 5.09 Å². The lowest BCUT2D eigenvalue weighted by molar-refractivity contribution is -0.768. The summed E-state index contributed by atoms with van der Waals surface area (Å²) in [4.78, 5) is 14.3. The normalized spacial score (nSPS) is 15.5. The number of hydrogen-bond donors (Lipinski definition) is 0. The largest absolute Gasteiger partial charge is 0.309 e. The molecule has 2 unspecified atom stereocenters. The van der Waals surface area contributed by atoms with E-state index in [-0.39, 0.29) is 12.0 Å². The van der Waals surface area contributed by atoms with Crippen molar-refractivity contribution in [1.29, 1.82) is 0 Å². The van der Waals surface area contributed by atoms with Crippen LogP contribution in [0.25, 0.3) is 0 Å². The molecule has 6 heteroatoms. The van der Waals surface area contributed by atoms with Crippen LogP contribution in [-0.4, -0.2) is 21.9 Å². The molecule has 0 aliphatic heterocycles. The molecule has 0 rings (SSSR count). The predicted octanol–water partition coefficient (Wildman–Crippen LogP) is 1.99. The summed E-state index contributed by atoms with van der Waals surface area (Å²) in [5, 5.41) is 10.3. The fourth-order valence-corrected chi connectivity index (χ4v) is 1.67. The molecule has 0 aromatic carbocycles. The maximum absolute atomic E-state index is 9.94. The van der Waals surface area contributed by atoms with E-state index in [0.717, 1.165) is 0 Å². The van der Waals surface area contributed by atoms with Crippen molar-refractivity contribution in [2.75, 3.05) is 10.7 Å². The number of alkyl halides is 2. The third-order valence-corrected chi connectivity index (χ3v) is 2.91. The van der Waals surface area contributed by atoms with Gasteiger partial charge in [-0.3, -0.25) is 0 Å². The van der Waals surface area contributed by atoms with Crippen molar-refractivity contribution in [3.8, 4) is 0 Å². The summed E-state index contributed by atoms with van der Waals surface area (Å²) in [7, 11) is 0. The minimum Gasteiger partial charge on any atom is -0.309 e. The maximum Gasteiger partial charge on any atom is 0.294 e. The molecule has 4 nitrogen and oxygen atoms in total. The van der Waals surface area contributed by atoms with Gasteiger partial charge in [-0.05, 0) is 5.92 Å². The average molecular weight is 291 g/mol. The third-order valence-electron chi connectivity index (χ3n) is 1.25. The first-order valence-corrected chi connectivity index (χ1v) is 5.29. The summed E-state index contributed by atoms with van der Waals surface area (Å²) < 4.78 is 0. The van der Waals surface area contributed by atoms with Gasteiger partial charge in [0.2, 0.25) is 0 Å². The SMILES string of the molecule is CC(CBr)C(CBr)O[N+](=O)[O-]. The smallest absolute Gasteiger partial charge is 0.294 e. The van der Waals surface area contributed by atoms with Crippen LogP contribution in [0.5, 0.6) is 0 Å². The Balaban J connectivity index is 3.84.